The quantitative estimate of drug-likeness (QED) is 0.147. The van der Waals surface area contributed by atoms with E-state index in [1.807, 2.05) is 57.5 Å². The first-order valence-electron chi connectivity index (χ1n) is 15.4. The SMILES string of the molecule is Cc1ncsc1-c1ccc(CNC(=O)C2CC(O)CN2C(=O)C(NC(=O)COCCOCCOCCOCCBr)C(C)(C)C)cc1. The molecule has 0 radical (unpaired) electrons. The summed E-state index contributed by atoms with van der Waals surface area (Å²) in [6, 6.07) is 6.08. The molecule has 12 nitrogen and oxygen atoms in total. The molecule has 3 rings (SSSR count). The Morgan fingerprint density at radius 2 is 1.63 bits per heavy atom. The molecular weight excluding hydrogens is 680 g/mol. The number of halogens is 1. The van der Waals surface area contributed by atoms with Gasteiger partial charge in [-0.2, -0.15) is 0 Å². The normalized spacial score (nSPS) is 17.2. The van der Waals surface area contributed by atoms with Crippen molar-refractivity contribution in [3.05, 3.63) is 41.0 Å². The fraction of sp³-hybridized carbons (Fsp3) is 0.625. The Kier molecular flexibility index (Phi) is 16.0. The number of benzene rings is 1. The molecule has 1 aromatic heterocycles. The summed E-state index contributed by atoms with van der Waals surface area (Å²) in [5.74, 6) is -1.25. The fourth-order valence-corrected chi connectivity index (χ4v) is 5.90. The number of thiazole rings is 1. The van der Waals surface area contributed by atoms with Crippen molar-refractivity contribution in [2.24, 2.45) is 5.41 Å². The summed E-state index contributed by atoms with van der Waals surface area (Å²) in [5, 5.41) is 16.9. The van der Waals surface area contributed by atoms with Gasteiger partial charge in [-0.15, -0.1) is 11.3 Å². The number of aromatic nitrogens is 1. The molecular formula is C32H47BrN4O8S. The molecule has 46 heavy (non-hydrogen) atoms. The molecule has 0 saturated carbocycles. The molecule has 0 spiro atoms. The number of aliphatic hydroxyl groups excluding tert-OH is 1. The van der Waals surface area contributed by atoms with Gasteiger partial charge < -0.3 is 39.6 Å². The summed E-state index contributed by atoms with van der Waals surface area (Å²) < 4.78 is 21.6. The fourth-order valence-electron chi connectivity index (χ4n) is 4.86. The first kappa shape index (κ1) is 38.0. The van der Waals surface area contributed by atoms with E-state index in [1.54, 1.807) is 11.3 Å². The largest absolute Gasteiger partial charge is 0.391 e. The lowest BCUT2D eigenvalue weighted by Gasteiger charge is -2.35. The molecule has 3 unspecified atom stereocenters. The van der Waals surface area contributed by atoms with E-state index in [1.165, 1.54) is 4.90 Å². The number of hydrogen-bond acceptors (Lipinski definition) is 10. The lowest BCUT2D eigenvalue weighted by Crippen LogP contribution is -2.58. The minimum atomic E-state index is -0.932. The van der Waals surface area contributed by atoms with Crippen LogP contribution in [0.15, 0.2) is 29.8 Å². The summed E-state index contributed by atoms with van der Waals surface area (Å²) in [4.78, 5) is 46.5. The number of rotatable bonds is 19. The highest BCUT2D eigenvalue weighted by Gasteiger charge is 2.44. The zero-order chi connectivity index (χ0) is 33.5. The van der Waals surface area contributed by atoms with E-state index in [9.17, 15) is 19.5 Å². The van der Waals surface area contributed by atoms with Crippen LogP contribution in [0.25, 0.3) is 10.4 Å². The average molecular weight is 728 g/mol. The van der Waals surface area contributed by atoms with Crippen molar-refractivity contribution in [2.75, 3.05) is 64.7 Å². The molecule has 1 saturated heterocycles. The van der Waals surface area contributed by atoms with Crippen LogP contribution < -0.4 is 10.6 Å². The van der Waals surface area contributed by atoms with Crippen LogP contribution in [0.4, 0.5) is 0 Å². The number of nitrogens with one attached hydrogen (secondary N) is 2. The summed E-state index contributed by atoms with van der Waals surface area (Å²) >= 11 is 4.86. The van der Waals surface area contributed by atoms with Crippen LogP contribution >= 0.6 is 27.3 Å². The van der Waals surface area contributed by atoms with Gasteiger partial charge in [0.1, 0.15) is 18.7 Å². The van der Waals surface area contributed by atoms with Crippen LogP contribution in [-0.2, 0) is 39.9 Å². The van der Waals surface area contributed by atoms with E-state index >= 15 is 0 Å². The zero-order valence-electron chi connectivity index (χ0n) is 27.1. The predicted molar refractivity (Wildman–Crippen MR) is 179 cm³/mol. The number of β-amino-alcohol motifs (C(OH)–C–C–N with tert-alkyl or cyclic N) is 1. The second-order valence-electron chi connectivity index (χ2n) is 12.0. The number of carbonyl (C=O) groups is 3. The molecule has 3 atom stereocenters. The number of aliphatic hydroxyl groups is 1. The molecule has 1 aromatic carbocycles. The predicted octanol–water partition coefficient (Wildman–Crippen LogP) is 2.69. The molecule has 1 aliphatic heterocycles. The Morgan fingerprint density at radius 3 is 2.20 bits per heavy atom. The molecule has 2 heterocycles. The van der Waals surface area contributed by atoms with Crippen LogP contribution in [0.5, 0.6) is 0 Å². The number of likely N-dealkylation sites (tertiary alicyclic amines) is 1. The standard InChI is InChI=1S/C32H47BrN4O8S/c1-22-28(46-21-35-22)24-7-5-23(6-8-24)18-34-30(40)26-17-25(38)19-37(26)31(41)29(32(2,3)4)36-27(39)20-45-16-15-44-14-13-43-12-11-42-10-9-33/h5-8,21,25-26,29,38H,9-20H2,1-4H3,(H,34,40)(H,36,39). The van der Waals surface area contributed by atoms with Gasteiger partial charge in [-0.05, 0) is 23.5 Å². The van der Waals surface area contributed by atoms with Crippen LogP contribution in [0, 0.1) is 12.3 Å². The second-order valence-corrected chi connectivity index (χ2v) is 13.7. The Balaban J connectivity index is 1.45. The van der Waals surface area contributed by atoms with Crippen LogP contribution in [0.1, 0.15) is 38.4 Å². The number of amides is 3. The number of aryl methyl sites for hydroxylation is 1. The maximum Gasteiger partial charge on any atom is 0.246 e. The number of alkyl halides is 1. The average Bonchev–Trinajstić information content (AvgIpc) is 3.63. The summed E-state index contributed by atoms with van der Waals surface area (Å²) in [7, 11) is 0. The van der Waals surface area contributed by atoms with Crippen LogP contribution in [0.3, 0.4) is 0 Å². The van der Waals surface area contributed by atoms with Gasteiger partial charge in [-0.3, -0.25) is 14.4 Å². The first-order valence-corrected chi connectivity index (χ1v) is 17.4. The maximum absolute atomic E-state index is 13.7. The smallest absolute Gasteiger partial charge is 0.246 e. The van der Waals surface area contributed by atoms with Gasteiger partial charge in [0.05, 0.1) is 68.4 Å². The number of ether oxygens (including phenoxy) is 4. The third-order valence-electron chi connectivity index (χ3n) is 7.28. The van der Waals surface area contributed by atoms with Gasteiger partial charge in [0, 0.05) is 24.8 Å². The lowest BCUT2D eigenvalue weighted by atomic mass is 9.85. The zero-order valence-corrected chi connectivity index (χ0v) is 29.5. The van der Waals surface area contributed by atoms with Gasteiger partial charge in [0.25, 0.3) is 0 Å². The Bertz CT molecular complexity index is 1240. The molecule has 14 heteroatoms. The number of nitrogens with zero attached hydrogens (tertiary/aromatic N) is 2. The molecule has 1 fully saturated rings. The molecule has 3 N–H and O–H groups in total. The second kappa shape index (κ2) is 19.4. The van der Waals surface area contributed by atoms with E-state index in [0.29, 0.717) is 33.0 Å². The topological polar surface area (TPSA) is 149 Å². The molecule has 0 bridgehead atoms. The van der Waals surface area contributed by atoms with E-state index in [-0.39, 0.29) is 45.2 Å². The highest BCUT2D eigenvalue weighted by Crippen LogP contribution is 2.28. The summed E-state index contributed by atoms with van der Waals surface area (Å²) in [6.07, 6.45) is -0.732. The number of carbonyl (C=O) groups excluding carboxylic acids is 3. The molecule has 2 aromatic rings. The Hall–Kier alpha value is -2.46. The minimum Gasteiger partial charge on any atom is -0.391 e. The van der Waals surface area contributed by atoms with Gasteiger partial charge in [-0.25, -0.2) is 4.98 Å². The number of hydrogen-bond donors (Lipinski definition) is 3. The monoisotopic (exact) mass is 726 g/mol. The highest BCUT2D eigenvalue weighted by molar-refractivity contribution is 9.09. The molecule has 0 aliphatic carbocycles. The van der Waals surface area contributed by atoms with Crippen molar-refractivity contribution in [3.63, 3.8) is 0 Å². The van der Waals surface area contributed by atoms with E-state index < -0.39 is 35.4 Å². The van der Waals surface area contributed by atoms with Crippen molar-refractivity contribution in [3.8, 4) is 10.4 Å². The summed E-state index contributed by atoms with van der Waals surface area (Å²) in [6.45, 7) is 10.5. The van der Waals surface area contributed by atoms with Crippen molar-refractivity contribution < 1.29 is 38.4 Å². The van der Waals surface area contributed by atoms with Crippen molar-refractivity contribution in [1.29, 1.82) is 0 Å². The minimum absolute atomic E-state index is 0.00367. The van der Waals surface area contributed by atoms with Crippen molar-refractivity contribution in [1.82, 2.24) is 20.5 Å². The molecule has 3 amide bonds. The van der Waals surface area contributed by atoms with Gasteiger partial charge in [0.15, 0.2) is 0 Å². The summed E-state index contributed by atoms with van der Waals surface area (Å²) in [5.41, 5.74) is 4.08. The first-order chi connectivity index (χ1) is 22.0. The third kappa shape index (κ3) is 12.3. The van der Waals surface area contributed by atoms with E-state index in [0.717, 1.165) is 27.0 Å². The van der Waals surface area contributed by atoms with Crippen LogP contribution in [-0.4, -0.2) is 116 Å². The van der Waals surface area contributed by atoms with E-state index in [4.69, 9.17) is 18.9 Å². The van der Waals surface area contributed by atoms with Gasteiger partial charge in [0.2, 0.25) is 17.7 Å². The van der Waals surface area contributed by atoms with Crippen molar-refractivity contribution >= 4 is 45.0 Å². The lowest BCUT2D eigenvalue weighted by molar-refractivity contribution is -0.144. The molecule has 256 valence electrons. The Labute approximate surface area is 283 Å². The van der Waals surface area contributed by atoms with Crippen molar-refractivity contribution in [2.45, 2.75) is 58.8 Å². The van der Waals surface area contributed by atoms with Crippen LogP contribution in [0.2, 0.25) is 0 Å². The Morgan fingerprint density at radius 1 is 1.02 bits per heavy atom. The van der Waals surface area contributed by atoms with Gasteiger partial charge in [-0.1, -0.05) is 61.0 Å². The highest BCUT2D eigenvalue weighted by atomic mass is 79.9. The maximum atomic E-state index is 13.7. The van der Waals surface area contributed by atoms with Gasteiger partial charge >= 0.3 is 0 Å². The third-order valence-corrected chi connectivity index (χ3v) is 8.58. The molecule has 1 aliphatic rings. The van der Waals surface area contributed by atoms with E-state index in [2.05, 4.69) is 31.5 Å².